The molecule has 1 unspecified atom stereocenters. The number of thiophene rings is 1. The lowest BCUT2D eigenvalue weighted by molar-refractivity contribution is 0.182. The SMILES string of the molecule is COCCn1ncc(Cl)c1C(N)c1ccc(Cl)s1. The summed E-state index contributed by atoms with van der Waals surface area (Å²) in [6.07, 6.45) is 1.60. The number of methoxy groups -OCH3 is 1. The lowest BCUT2D eigenvalue weighted by Crippen LogP contribution is -2.18. The third-order valence-electron chi connectivity index (χ3n) is 2.54. The average Bonchev–Trinajstić information content (AvgIpc) is 2.92. The van der Waals surface area contributed by atoms with Gasteiger partial charge in [-0.2, -0.15) is 5.10 Å². The summed E-state index contributed by atoms with van der Waals surface area (Å²) in [6.45, 7) is 1.17. The van der Waals surface area contributed by atoms with E-state index in [9.17, 15) is 0 Å². The van der Waals surface area contributed by atoms with Gasteiger partial charge in [0.25, 0.3) is 0 Å². The fourth-order valence-electron chi connectivity index (χ4n) is 1.67. The van der Waals surface area contributed by atoms with Crippen molar-refractivity contribution in [3.8, 4) is 0 Å². The molecule has 1 atom stereocenters. The Hall–Kier alpha value is -0.590. The number of ether oxygens (including phenoxy) is 1. The summed E-state index contributed by atoms with van der Waals surface area (Å²) in [6, 6.07) is 3.40. The van der Waals surface area contributed by atoms with Gasteiger partial charge in [0.15, 0.2) is 0 Å². The molecule has 2 aromatic rings. The van der Waals surface area contributed by atoms with Crippen molar-refractivity contribution in [2.75, 3.05) is 13.7 Å². The minimum Gasteiger partial charge on any atom is -0.383 e. The van der Waals surface area contributed by atoms with Crippen molar-refractivity contribution < 1.29 is 4.74 Å². The summed E-state index contributed by atoms with van der Waals surface area (Å²) in [7, 11) is 1.64. The van der Waals surface area contributed by atoms with E-state index in [4.69, 9.17) is 33.7 Å². The van der Waals surface area contributed by atoms with E-state index in [0.717, 1.165) is 10.6 Å². The minimum absolute atomic E-state index is 0.325. The first-order valence-corrected chi connectivity index (χ1v) is 6.91. The summed E-state index contributed by atoms with van der Waals surface area (Å²) in [5.74, 6) is 0. The topological polar surface area (TPSA) is 53.1 Å². The highest BCUT2D eigenvalue weighted by molar-refractivity contribution is 7.16. The molecule has 2 heterocycles. The molecule has 2 aromatic heterocycles. The first-order valence-electron chi connectivity index (χ1n) is 5.34. The molecule has 0 aliphatic rings. The molecule has 0 aromatic carbocycles. The first kappa shape index (κ1) is 13.8. The van der Waals surface area contributed by atoms with Crippen molar-refractivity contribution in [1.29, 1.82) is 0 Å². The van der Waals surface area contributed by atoms with Gasteiger partial charge in [-0.1, -0.05) is 23.2 Å². The van der Waals surface area contributed by atoms with E-state index in [0.29, 0.717) is 22.5 Å². The van der Waals surface area contributed by atoms with E-state index in [2.05, 4.69) is 5.10 Å². The van der Waals surface area contributed by atoms with Crippen molar-refractivity contribution in [1.82, 2.24) is 9.78 Å². The largest absolute Gasteiger partial charge is 0.383 e. The maximum atomic E-state index is 6.21. The molecule has 0 bridgehead atoms. The van der Waals surface area contributed by atoms with Crippen LogP contribution in [0.3, 0.4) is 0 Å². The van der Waals surface area contributed by atoms with Crippen LogP contribution in [0.25, 0.3) is 0 Å². The van der Waals surface area contributed by atoms with Crippen molar-refractivity contribution in [2.45, 2.75) is 12.6 Å². The molecule has 0 radical (unpaired) electrons. The number of nitrogens with two attached hydrogens (primary N) is 1. The van der Waals surface area contributed by atoms with Gasteiger partial charge in [-0.05, 0) is 12.1 Å². The third kappa shape index (κ3) is 2.87. The van der Waals surface area contributed by atoms with Gasteiger partial charge in [0.05, 0.1) is 40.4 Å². The van der Waals surface area contributed by atoms with Crippen molar-refractivity contribution in [3.63, 3.8) is 0 Å². The summed E-state index contributed by atoms with van der Waals surface area (Å²) in [5.41, 5.74) is 7.00. The predicted octanol–water partition coefficient (Wildman–Crippen LogP) is 2.95. The maximum Gasteiger partial charge on any atom is 0.0931 e. The molecular weight excluding hydrogens is 293 g/mol. The number of hydrogen-bond acceptors (Lipinski definition) is 4. The Balaban J connectivity index is 2.28. The molecule has 0 saturated carbocycles. The zero-order valence-electron chi connectivity index (χ0n) is 9.77. The molecular formula is C11H13Cl2N3OS. The summed E-state index contributed by atoms with van der Waals surface area (Å²) < 4.78 is 7.51. The lowest BCUT2D eigenvalue weighted by Gasteiger charge is -2.13. The van der Waals surface area contributed by atoms with Crippen LogP contribution in [0.2, 0.25) is 9.36 Å². The normalized spacial score (nSPS) is 12.9. The van der Waals surface area contributed by atoms with Gasteiger partial charge in [-0.3, -0.25) is 4.68 Å². The Bertz CT molecular complexity index is 526. The molecule has 0 spiro atoms. The van der Waals surface area contributed by atoms with Gasteiger partial charge in [0.2, 0.25) is 0 Å². The molecule has 98 valence electrons. The Labute approximate surface area is 119 Å². The number of rotatable bonds is 5. The van der Waals surface area contributed by atoms with Gasteiger partial charge < -0.3 is 10.5 Å². The number of hydrogen-bond donors (Lipinski definition) is 1. The maximum absolute atomic E-state index is 6.21. The second-order valence-corrected chi connectivity index (χ2v) is 5.87. The van der Waals surface area contributed by atoms with Crippen LogP contribution in [0.4, 0.5) is 0 Å². The van der Waals surface area contributed by atoms with E-state index in [-0.39, 0.29) is 6.04 Å². The van der Waals surface area contributed by atoms with E-state index in [1.165, 1.54) is 11.3 Å². The van der Waals surface area contributed by atoms with E-state index in [1.807, 2.05) is 12.1 Å². The summed E-state index contributed by atoms with van der Waals surface area (Å²) in [4.78, 5) is 0.959. The summed E-state index contributed by atoms with van der Waals surface area (Å²) >= 11 is 13.5. The first-order chi connectivity index (χ1) is 8.63. The van der Waals surface area contributed by atoms with Gasteiger partial charge in [-0.15, -0.1) is 11.3 Å². The van der Waals surface area contributed by atoms with E-state index < -0.39 is 0 Å². The zero-order valence-corrected chi connectivity index (χ0v) is 12.1. The molecule has 0 aliphatic carbocycles. The predicted molar refractivity (Wildman–Crippen MR) is 74.5 cm³/mol. The highest BCUT2D eigenvalue weighted by Crippen LogP contribution is 2.32. The smallest absolute Gasteiger partial charge is 0.0931 e. The van der Waals surface area contributed by atoms with Crippen LogP contribution in [-0.2, 0) is 11.3 Å². The van der Waals surface area contributed by atoms with Crippen LogP contribution in [0.1, 0.15) is 16.6 Å². The Morgan fingerprint density at radius 1 is 1.50 bits per heavy atom. The molecule has 2 N–H and O–H groups in total. The van der Waals surface area contributed by atoms with Crippen LogP contribution in [0.5, 0.6) is 0 Å². The van der Waals surface area contributed by atoms with Crippen LogP contribution in [0, 0.1) is 0 Å². The van der Waals surface area contributed by atoms with E-state index in [1.54, 1.807) is 18.0 Å². The van der Waals surface area contributed by atoms with Crippen molar-refractivity contribution in [2.24, 2.45) is 5.73 Å². The third-order valence-corrected chi connectivity index (χ3v) is 4.14. The molecule has 0 aliphatic heterocycles. The van der Waals surface area contributed by atoms with Gasteiger partial charge in [-0.25, -0.2) is 0 Å². The zero-order chi connectivity index (χ0) is 13.1. The van der Waals surface area contributed by atoms with Crippen LogP contribution >= 0.6 is 34.5 Å². The second-order valence-electron chi connectivity index (χ2n) is 3.71. The molecule has 4 nitrogen and oxygen atoms in total. The quantitative estimate of drug-likeness (QED) is 0.924. The number of aromatic nitrogens is 2. The molecule has 0 amide bonds. The monoisotopic (exact) mass is 305 g/mol. The second kappa shape index (κ2) is 6.04. The molecule has 18 heavy (non-hydrogen) atoms. The Morgan fingerprint density at radius 3 is 2.89 bits per heavy atom. The highest BCUT2D eigenvalue weighted by Gasteiger charge is 2.19. The van der Waals surface area contributed by atoms with Gasteiger partial charge in [0, 0.05) is 12.0 Å². The van der Waals surface area contributed by atoms with Gasteiger partial charge in [0.1, 0.15) is 0 Å². The molecule has 0 fully saturated rings. The Morgan fingerprint density at radius 2 is 2.28 bits per heavy atom. The molecule has 7 heteroatoms. The number of halogens is 2. The van der Waals surface area contributed by atoms with Crippen molar-refractivity contribution >= 4 is 34.5 Å². The molecule has 0 saturated heterocycles. The van der Waals surface area contributed by atoms with Crippen LogP contribution < -0.4 is 5.73 Å². The van der Waals surface area contributed by atoms with E-state index >= 15 is 0 Å². The van der Waals surface area contributed by atoms with Crippen LogP contribution in [0.15, 0.2) is 18.3 Å². The van der Waals surface area contributed by atoms with Crippen molar-refractivity contribution in [3.05, 3.63) is 38.3 Å². The number of nitrogens with zero attached hydrogens (tertiary/aromatic N) is 2. The Kier molecular flexibility index (Phi) is 4.64. The fraction of sp³-hybridized carbons (Fsp3) is 0.364. The van der Waals surface area contributed by atoms with Crippen LogP contribution in [-0.4, -0.2) is 23.5 Å². The van der Waals surface area contributed by atoms with Gasteiger partial charge >= 0.3 is 0 Å². The standard InChI is InChI=1S/C11H13Cl2N3OS/c1-17-5-4-16-11(7(12)6-15-16)10(14)8-2-3-9(13)18-8/h2-3,6,10H,4-5,14H2,1H3. The summed E-state index contributed by atoms with van der Waals surface area (Å²) in [5, 5.41) is 4.76. The fourth-order valence-corrected chi connectivity index (χ4v) is 2.99. The molecule has 2 rings (SSSR count). The minimum atomic E-state index is -0.325. The lowest BCUT2D eigenvalue weighted by atomic mass is 10.2. The average molecular weight is 306 g/mol. The highest BCUT2D eigenvalue weighted by atomic mass is 35.5.